The highest BCUT2D eigenvalue weighted by molar-refractivity contribution is 5.86. The summed E-state index contributed by atoms with van der Waals surface area (Å²) in [7, 11) is 0. The molecule has 0 N–H and O–H groups in total. The summed E-state index contributed by atoms with van der Waals surface area (Å²) in [4.78, 5) is 11.3. The SMILES string of the molecule is CC1(C)C(=O)CCC1CC#N. The molecule has 0 aliphatic heterocycles. The fourth-order valence-electron chi connectivity index (χ4n) is 1.68. The molecule has 0 heterocycles. The van der Waals surface area contributed by atoms with Crippen LogP contribution in [0.3, 0.4) is 0 Å². The smallest absolute Gasteiger partial charge is 0.138 e. The minimum Gasteiger partial charge on any atom is -0.299 e. The molecule has 1 fully saturated rings. The molecule has 0 spiro atoms. The maximum atomic E-state index is 11.3. The van der Waals surface area contributed by atoms with E-state index in [0.29, 0.717) is 24.5 Å². The number of carbonyl (C=O) groups excluding carboxylic acids is 1. The van der Waals surface area contributed by atoms with Crippen LogP contribution in [0.2, 0.25) is 0 Å². The third-order valence-electron chi connectivity index (χ3n) is 2.80. The topological polar surface area (TPSA) is 40.9 Å². The fraction of sp³-hybridized carbons (Fsp3) is 0.778. The number of Topliss-reactive ketones (excluding diaryl/α,β-unsaturated/α-hetero) is 1. The van der Waals surface area contributed by atoms with Gasteiger partial charge in [-0.05, 0) is 12.3 Å². The molecule has 60 valence electrons. The van der Waals surface area contributed by atoms with Gasteiger partial charge in [0.05, 0.1) is 6.07 Å². The Kier molecular flexibility index (Phi) is 1.99. The van der Waals surface area contributed by atoms with Crippen LogP contribution in [0.4, 0.5) is 0 Å². The molecule has 0 bridgehead atoms. The van der Waals surface area contributed by atoms with Gasteiger partial charge in [-0.2, -0.15) is 5.26 Å². The van der Waals surface area contributed by atoms with E-state index in [1.807, 2.05) is 13.8 Å². The van der Waals surface area contributed by atoms with E-state index in [9.17, 15) is 4.79 Å². The molecule has 11 heavy (non-hydrogen) atoms. The molecule has 1 atom stereocenters. The first-order chi connectivity index (χ1) is 5.09. The molecular formula is C9H13NO. The van der Waals surface area contributed by atoms with Gasteiger partial charge >= 0.3 is 0 Å². The molecule has 0 saturated heterocycles. The molecule has 0 aromatic carbocycles. The molecule has 0 radical (unpaired) electrons. The van der Waals surface area contributed by atoms with E-state index in [-0.39, 0.29) is 5.41 Å². The van der Waals surface area contributed by atoms with Crippen molar-refractivity contribution in [2.45, 2.75) is 33.1 Å². The molecule has 1 saturated carbocycles. The first-order valence-corrected chi connectivity index (χ1v) is 3.99. The molecule has 1 unspecified atom stereocenters. The van der Waals surface area contributed by atoms with Gasteiger partial charge in [-0.15, -0.1) is 0 Å². The Morgan fingerprint density at radius 1 is 1.73 bits per heavy atom. The van der Waals surface area contributed by atoms with Crippen LogP contribution in [0.25, 0.3) is 0 Å². The number of carbonyl (C=O) groups is 1. The summed E-state index contributed by atoms with van der Waals surface area (Å²) in [6.45, 7) is 3.90. The number of hydrogen-bond acceptors (Lipinski definition) is 2. The molecule has 1 rings (SSSR count). The Morgan fingerprint density at radius 3 is 2.73 bits per heavy atom. The lowest BCUT2D eigenvalue weighted by molar-refractivity contribution is -0.125. The van der Waals surface area contributed by atoms with Gasteiger partial charge in [0.2, 0.25) is 0 Å². The number of ketones is 1. The lowest BCUT2D eigenvalue weighted by Gasteiger charge is -2.22. The van der Waals surface area contributed by atoms with Crippen LogP contribution in [0.5, 0.6) is 0 Å². The largest absolute Gasteiger partial charge is 0.299 e. The van der Waals surface area contributed by atoms with Crippen LogP contribution in [0.15, 0.2) is 0 Å². The van der Waals surface area contributed by atoms with Crippen molar-refractivity contribution in [1.82, 2.24) is 0 Å². The predicted molar refractivity (Wildman–Crippen MR) is 41.7 cm³/mol. The van der Waals surface area contributed by atoms with E-state index in [2.05, 4.69) is 6.07 Å². The third-order valence-corrected chi connectivity index (χ3v) is 2.80. The fourth-order valence-corrected chi connectivity index (χ4v) is 1.68. The second-order valence-electron chi connectivity index (χ2n) is 3.74. The predicted octanol–water partition coefficient (Wildman–Crippen LogP) is 1.91. The molecular weight excluding hydrogens is 138 g/mol. The van der Waals surface area contributed by atoms with E-state index in [1.165, 1.54) is 0 Å². The van der Waals surface area contributed by atoms with Crippen molar-refractivity contribution in [1.29, 1.82) is 5.26 Å². The van der Waals surface area contributed by atoms with Crippen molar-refractivity contribution in [3.8, 4) is 6.07 Å². The van der Waals surface area contributed by atoms with E-state index >= 15 is 0 Å². The van der Waals surface area contributed by atoms with E-state index in [1.54, 1.807) is 0 Å². The Balaban J connectivity index is 2.72. The van der Waals surface area contributed by atoms with Crippen LogP contribution in [0, 0.1) is 22.7 Å². The summed E-state index contributed by atoms with van der Waals surface area (Å²) in [5.74, 6) is 0.609. The molecule has 0 aromatic heterocycles. The van der Waals surface area contributed by atoms with Crippen molar-refractivity contribution in [3.05, 3.63) is 0 Å². The van der Waals surface area contributed by atoms with Crippen molar-refractivity contribution < 1.29 is 4.79 Å². The highest BCUT2D eigenvalue weighted by Crippen LogP contribution is 2.41. The Bertz CT molecular complexity index is 212. The minimum absolute atomic E-state index is 0.240. The highest BCUT2D eigenvalue weighted by atomic mass is 16.1. The molecule has 2 nitrogen and oxygen atoms in total. The molecule has 2 heteroatoms. The maximum absolute atomic E-state index is 11.3. The maximum Gasteiger partial charge on any atom is 0.138 e. The average molecular weight is 151 g/mol. The first kappa shape index (κ1) is 8.26. The second-order valence-corrected chi connectivity index (χ2v) is 3.74. The Morgan fingerprint density at radius 2 is 2.36 bits per heavy atom. The van der Waals surface area contributed by atoms with Crippen LogP contribution in [0.1, 0.15) is 33.1 Å². The summed E-state index contributed by atoms with van der Waals surface area (Å²) in [5, 5.41) is 8.48. The summed E-state index contributed by atoms with van der Waals surface area (Å²) >= 11 is 0. The van der Waals surface area contributed by atoms with Crippen LogP contribution >= 0.6 is 0 Å². The quantitative estimate of drug-likeness (QED) is 0.574. The van der Waals surface area contributed by atoms with Gasteiger partial charge in [0, 0.05) is 18.3 Å². The van der Waals surface area contributed by atoms with Crippen LogP contribution in [-0.4, -0.2) is 5.78 Å². The van der Waals surface area contributed by atoms with Crippen molar-refractivity contribution in [2.75, 3.05) is 0 Å². The van der Waals surface area contributed by atoms with Gasteiger partial charge < -0.3 is 0 Å². The number of rotatable bonds is 1. The Labute approximate surface area is 67.2 Å². The number of nitriles is 1. The zero-order chi connectivity index (χ0) is 8.48. The monoisotopic (exact) mass is 151 g/mol. The normalized spacial score (nSPS) is 28.5. The zero-order valence-electron chi connectivity index (χ0n) is 7.05. The van der Waals surface area contributed by atoms with Gasteiger partial charge in [0.25, 0.3) is 0 Å². The van der Waals surface area contributed by atoms with Gasteiger partial charge in [-0.1, -0.05) is 13.8 Å². The molecule has 1 aliphatic carbocycles. The first-order valence-electron chi connectivity index (χ1n) is 3.99. The summed E-state index contributed by atoms with van der Waals surface area (Å²) in [6, 6.07) is 2.13. The second kappa shape index (κ2) is 2.65. The summed E-state index contributed by atoms with van der Waals surface area (Å²) < 4.78 is 0. The van der Waals surface area contributed by atoms with E-state index < -0.39 is 0 Å². The standard InChI is InChI=1S/C9H13NO/c1-9(2)7(5-6-10)3-4-8(9)11/h7H,3-5H2,1-2H3. The average Bonchev–Trinajstić information content (AvgIpc) is 2.16. The van der Waals surface area contributed by atoms with Gasteiger partial charge in [0.1, 0.15) is 5.78 Å². The lowest BCUT2D eigenvalue weighted by atomic mass is 9.80. The zero-order valence-corrected chi connectivity index (χ0v) is 7.05. The van der Waals surface area contributed by atoms with E-state index in [0.717, 1.165) is 6.42 Å². The van der Waals surface area contributed by atoms with Gasteiger partial charge in [-0.25, -0.2) is 0 Å². The lowest BCUT2D eigenvalue weighted by Crippen LogP contribution is -2.24. The third kappa shape index (κ3) is 1.28. The highest BCUT2D eigenvalue weighted by Gasteiger charge is 2.41. The van der Waals surface area contributed by atoms with Crippen LogP contribution in [-0.2, 0) is 4.79 Å². The van der Waals surface area contributed by atoms with Gasteiger partial charge in [-0.3, -0.25) is 4.79 Å². The minimum atomic E-state index is -0.240. The van der Waals surface area contributed by atoms with E-state index in [4.69, 9.17) is 5.26 Å². The summed E-state index contributed by atoms with van der Waals surface area (Å²) in [6.07, 6.45) is 2.09. The van der Waals surface area contributed by atoms with Crippen molar-refractivity contribution in [3.63, 3.8) is 0 Å². The summed E-state index contributed by atoms with van der Waals surface area (Å²) in [5.41, 5.74) is -0.240. The Hall–Kier alpha value is -0.840. The molecule has 0 aromatic rings. The number of hydrogen-bond donors (Lipinski definition) is 0. The van der Waals surface area contributed by atoms with Crippen LogP contribution < -0.4 is 0 Å². The van der Waals surface area contributed by atoms with Crippen molar-refractivity contribution in [2.24, 2.45) is 11.3 Å². The molecule has 1 aliphatic rings. The van der Waals surface area contributed by atoms with Crippen molar-refractivity contribution >= 4 is 5.78 Å². The number of nitrogens with zero attached hydrogens (tertiary/aromatic N) is 1. The van der Waals surface area contributed by atoms with Gasteiger partial charge in [0.15, 0.2) is 0 Å². The molecule has 0 amide bonds.